The SMILES string of the molecule is Cc1nn(-c2ccccc2)c(C)c1NC(=O)c1ccccc1NC(=O)c1ccc([N+](=O)[O-])cc1. The fraction of sp³-hybridized carbons (Fsp3) is 0.0800. The zero-order chi connectivity index (χ0) is 24.2. The second-order valence-electron chi connectivity index (χ2n) is 7.55. The number of carbonyl (C=O) groups is 2. The van der Waals surface area contributed by atoms with Crippen LogP contribution in [0.2, 0.25) is 0 Å². The molecule has 0 fully saturated rings. The number of nitro benzene ring substituents is 1. The molecule has 4 rings (SSSR count). The van der Waals surface area contributed by atoms with E-state index < -0.39 is 16.7 Å². The average Bonchev–Trinajstić information content (AvgIpc) is 3.13. The van der Waals surface area contributed by atoms with Gasteiger partial charge in [-0.15, -0.1) is 0 Å². The van der Waals surface area contributed by atoms with E-state index >= 15 is 0 Å². The number of benzene rings is 3. The lowest BCUT2D eigenvalue weighted by atomic mass is 10.1. The number of aryl methyl sites for hydroxylation is 1. The van der Waals surface area contributed by atoms with E-state index in [-0.39, 0.29) is 16.8 Å². The normalized spacial score (nSPS) is 10.5. The van der Waals surface area contributed by atoms with Crippen LogP contribution < -0.4 is 10.6 Å². The van der Waals surface area contributed by atoms with Gasteiger partial charge in [-0.25, -0.2) is 4.68 Å². The quantitative estimate of drug-likeness (QED) is 0.316. The van der Waals surface area contributed by atoms with E-state index in [1.165, 1.54) is 24.3 Å². The van der Waals surface area contributed by atoms with Crippen molar-refractivity contribution in [2.75, 3.05) is 10.6 Å². The van der Waals surface area contributed by atoms with Crippen molar-refractivity contribution < 1.29 is 14.5 Å². The van der Waals surface area contributed by atoms with Crippen LogP contribution in [0.15, 0.2) is 78.9 Å². The Labute approximate surface area is 195 Å². The van der Waals surface area contributed by atoms with Crippen LogP contribution in [-0.2, 0) is 0 Å². The standard InChI is InChI=1S/C25H21N5O4/c1-16-23(17(2)29(28-16)19-8-4-3-5-9-19)27-25(32)21-10-6-7-11-22(21)26-24(31)18-12-14-20(15-13-18)30(33)34/h3-15H,1-2H3,(H,26,31)(H,27,32). The number of hydrogen-bond acceptors (Lipinski definition) is 5. The monoisotopic (exact) mass is 455 g/mol. The maximum atomic E-state index is 13.1. The Hall–Kier alpha value is -4.79. The Morgan fingerprint density at radius 3 is 2.18 bits per heavy atom. The molecular weight excluding hydrogens is 434 g/mol. The summed E-state index contributed by atoms with van der Waals surface area (Å²) in [6.45, 7) is 3.68. The van der Waals surface area contributed by atoms with E-state index in [1.807, 2.05) is 44.2 Å². The van der Waals surface area contributed by atoms with Crippen molar-refractivity contribution >= 4 is 28.9 Å². The van der Waals surface area contributed by atoms with E-state index in [9.17, 15) is 19.7 Å². The van der Waals surface area contributed by atoms with Gasteiger partial charge in [-0.05, 0) is 50.2 Å². The molecule has 9 heteroatoms. The van der Waals surface area contributed by atoms with Crippen LogP contribution in [0.25, 0.3) is 5.69 Å². The molecule has 34 heavy (non-hydrogen) atoms. The zero-order valence-electron chi connectivity index (χ0n) is 18.5. The van der Waals surface area contributed by atoms with E-state index in [1.54, 1.807) is 28.9 Å². The first kappa shape index (κ1) is 22.4. The number of amides is 2. The first-order valence-corrected chi connectivity index (χ1v) is 10.4. The number of carbonyl (C=O) groups excluding carboxylic acids is 2. The highest BCUT2D eigenvalue weighted by Crippen LogP contribution is 2.25. The van der Waals surface area contributed by atoms with Gasteiger partial charge in [-0.1, -0.05) is 30.3 Å². The number of aromatic nitrogens is 2. The van der Waals surface area contributed by atoms with Crippen LogP contribution in [0.3, 0.4) is 0 Å². The maximum Gasteiger partial charge on any atom is 0.269 e. The lowest BCUT2D eigenvalue weighted by molar-refractivity contribution is -0.384. The highest BCUT2D eigenvalue weighted by Gasteiger charge is 2.19. The minimum Gasteiger partial charge on any atom is -0.321 e. The van der Waals surface area contributed by atoms with Crippen molar-refractivity contribution in [2.45, 2.75) is 13.8 Å². The Balaban J connectivity index is 1.56. The lowest BCUT2D eigenvalue weighted by Crippen LogP contribution is -2.18. The fourth-order valence-corrected chi connectivity index (χ4v) is 3.54. The second kappa shape index (κ2) is 9.37. The first-order valence-electron chi connectivity index (χ1n) is 10.4. The van der Waals surface area contributed by atoms with Crippen LogP contribution in [0, 0.1) is 24.0 Å². The van der Waals surface area contributed by atoms with Gasteiger partial charge in [0.15, 0.2) is 0 Å². The Morgan fingerprint density at radius 2 is 1.50 bits per heavy atom. The van der Waals surface area contributed by atoms with Crippen molar-refractivity contribution in [3.8, 4) is 5.69 Å². The summed E-state index contributed by atoms with van der Waals surface area (Å²) in [6.07, 6.45) is 0. The van der Waals surface area contributed by atoms with Crippen LogP contribution in [0.1, 0.15) is 32.1 Å². The van der Waals surface area contributed by atoms with Crippen LogP contribution in [0.4, 0.5) is 17.1 Å². The maximum absolute atomic E-state index is 13.1. The summed E-state index contributed by atoms with van der Waals surface area (Å²) >= 11 is 0. The van der Waals surface area contributed by atoms with Crippen LogP contribution in [0.5, 0.6) is 0 Å². The van der Waals surface area contributed by atoms with Gasteiger partial charge in [-0.2, -0.15) is 5.10 Å². The summed E-state index contributed by atoms with van der Waals surface area (Å²) in [4.78, 5) is 36.1. The zero-order valence-corrected chi connectivity index (χ0v) is 18.5. The van der Waals surface area contributed by atoms with Crippen molar-refractivity contribution in [2.24, 2.45) is 0 Å². The Bertz CT molecular complexity index is 1380. The molecule has 1 aromatic heterocycles. The number of hydrogen-bond donors (Lipinski definition) is 2. The van der Waals surface area contributed by atoms with Crippen molar-refractivity contribution in [3.05, 3.63) is 111 Å². The molecule has 0 unspecified atom stereocenters. The van der Waals surface area contributed by atoms with Gasteiger partial charge < -0.3 is 10.6 Å². The lowest BCUT2D eigenvalue weighted by Gasteiger charge is -2.12. The molecule has 0 aliphatic heterocycles. The number of non-ortho nitro benzene ring substituents is 1. The van der Waals surface area contributed by atoms with E-state index in [2.05, 4.69) is 15.7 Å². The number of para-hydroxylation sites is 2. The van der Waals surface area contributed by atoms with E-state index in [0.717, 1.165) is 11.4 Å². The summed E-state index contributed by atoms with van der Waals surface area (Å²) in [5.41, 5.74) is 3.59. The van der Waals surface area contributed by atoms with Gasteiger partial charge in [0.2, 0.25) is 0 Å². The van der Waals surface area contributed by atoms with Crippen molar-refractivity contribution in [1.29, 1.82) is 0 Å². The van der Waals surface area contributed by atoms with Crippen molar-refractivity contribution in [1.82, 2.24) is 9.78 Å². The predicted molar refractivity (Wildman–Crippen MR) is 128 cm³/mol. The molecule has 2 N–H and O–H groups in total. The average molecular weight is 455 g/mol. The first-order chi connectivity index (χ1) is 16.3. The number of nitro groups is 1. The third kappa shape index (κ3) is 4.53. The molecule has 0 radical (unpaired) electrons. The van der Waals surface area contributed by atoms with Crippen LogP contribution >= 0.6 is 0 Å². The number of nitrogens with zero attached hydrogens (tertiary/aromatic N) is 3. The summed E-state index contributed by atoms with van der Waals surface area (Å²) in [7, 11) is 0. The Morgan fingerprint density at radius 1 is 0.853 bits per heavy atom. The summed E-state index contributed by atoms with van der Waals surface area (Å²) in [5.74, 6) is -0.891. The highest BCUT2D eigenvalue weighted by atomic mass is 16.6. The molecule has 0 bridgehead atoms. The van der Waals surface area contributed by atoms with Gasteiger partial charge in [0, 0.05) is 17.7 Å². The Kier molecular flexibility index (Phi) is 6.18. The number of nitrogens with one attached hydrogen (secondary N) is 2. The number of rotatable bonds is 6. The van der Waals surface area contributed by atoms with Gasteiger partial charge >= 0.3 is 0 Å². The second-order valence-corrected chi connectivity index (χ2v) is 7.55. The molecule has 3 aromatic carbocycles. The molecule has 170 valence electrons. The fourth-order valence-electron chi connectivity index (χ4n) is 3.54. The molecule has 0 saturated carbocycles. The molecule has 0 aliphatic carbocycles. The molecular formula is C25H21N5O4. The van der Waals surface area contributed by atoms with Crippen LogP contribution in [-0.4, -0.2) is 26.5 Å². The smallest absolute Gasteiger partial charge is 0.269 e. The van der Waals surface area contributed by atoms with Gasteiger partial charge in [0.25, 0.3) is 17.5 Å². The minimum absolute atomic E-state index is 0.113. The van der Waals surface area contributed by atoms with E-state index in [0.29, 0.717) is 17.1 Å². The van der Waals surface area contributed by atoms with Gasteiger partial charge in [0.05, 0.1) is 38.9 Å². The minimum atomic E-state index is -0.536. The highest BCUT2D eigenvalue weighted by molar-refractivity contribution is 6.12. The van der Waals surface area contributed by atoms with Gasteiger partial charge in [-0.3, -0.25) is 19.7 Å². The molecule has 9 nitrogen and oxygen atoms in total. The van der Waals surface area contributed by atoms with Crippen molar-refractivity contribution in [3.63, 3.8) is 0 Å². The third-order valence-electron chi connectivity index (χ3n) is 5.29. The molecule has 0 atom stereocenters. The summed E-state index contributed by atoms with van der Waals surface area (Å²) < 4.78 is 1.76. The summed E-state index contributed by atoms with van der Waals surface area (Å²) in [5, 5.41) is 21.0. The van der Waals surface area contributed by atoms with E-state index in [4.69, 9.17) is 0 Å². The molecule has 1 heterocycles. The summed E-state index contributed by atoms with van der Waals surface area (Å²) in [6, 6.07) is 21.4. The molecule has 2 amide bonds. The molecule has 4 aromatic rings. The topological polar surface area (TPSA) is 119 Å². The third-order valence-corrected chi connectivity index (χ3v) is 5.29. The predicted octanol–water partition coefficient (Wildman–Crippen LogP) is 4.90. The van der Waals surface area contributed by atoms with Gasteiger partial charge in [0.1, 0.15) is 0 Å². The largest absolute Gasteiger partial charge is 0.321 e. The molecule has 0 saturated heterocycles. The molecule has 0 spiro atoms. The number of anilines is 2. The molecule has 0 aliphatic rings.